The number of esters is 1. The number of rotatable bonds is 4. The summed E-state index contributed by atoms with van der Waals surface area (Å²) < 4.78 is 6.32. The summed E-state index contributed by atoms with van der Waals surface area (Å²) in [7, 11) is 0. The fourth-order valence-corrected chi connectivity index (χ4v) is 7.21. The van der Waals surface area contributed by atoms with Crippen LogP contribution in [-0.2, 0) is 14.3 Å². The SMILES string of the molecule is CCOC(=O)C1=C(c2ccccc2)S/C(=C2/C(=S)C(C)(C)N(C(=O)C(C)C)c3ccccc32)S1. The van der Waals surface area contributed by atoms with Gasteiger partial charge in [0, 0.05) is 22.0 Å². The number of anilines is 1. The standard InChI is InChI=1S/C27H27NO3S3/c1-6-31-25(30)22-21(17-12-8-7-9-13-17)33-26(34-22)20-18-14-10-11-15-19(18)28(24(29)16(2)3)27(4,5)23(20)32/h7-16H,6H2,1-5H3/b26-20-. The van der Waals surface area contributed by atoms with Crippen LogP contribution in [0.1, 0.15) is 45.7 Å². The minimum absolute atomic E-state index is 0.0332. The average Bonchev–Trinajstić information content (AvgIpc) is 3.25. The lowest BCUT2D eigenvalue weighted by atomic mass is 9.82. The van der Waals surface area contributed by atoms with Crippen LogP contribution in [0.3, 0.4) is 0 Å². The van der Waals surface area contributed by atoms with E-state index in [0.717, 1.165) is 31.5 Å². The van der Waals surface area contributed by atoms with Gasteiger partial charge in [0.15, 0.2) is 0 Å². The summed E-state index contributed by atoms with van der Waals surface area (Å²) in [5.41, 5.74) is 2.92. The van der Waals surface area contributed by atoms with E-state index in [1.165, 1.54) is 11.8 Å². The lowest BCUT2D eigenvalue weighted by Gasteiger charge is -2.46. The topological polar surface area (TPSA) is 46.6 Å². The molecular formula is C27H27NO3S3. The van der Waals surface area contributed by atoms with Crippen LogP contribution in [0.2, 0.25) is 0 Å². The van der Waals surface area contributed by atoms with Crippen molar-refractivity contribution in [1.29, 1.82) is 0 Å². The van der Waals surface area contributed by atoms with Crippen LogP contribution in [0.25, 0.3) is 10.5 Å². The number of ether oxygens (including phenoxy) is 1. The van der Waals surface area contributed by atoms with Gasteiger partial charge in [-0.2, -0.15) is 0 Å². The van der Waals surface area contributed by atoms with Crippen molar-refractivity contribution in [3.8, 4) is 0 Å². The summed E-state index contributed by atoms with van der Waals surface area (Å²) in [5, 5.41) is 0. The highest BCUT2D eigenvalue weighted by Gasteiger charge is 2.45. The average molecular weight is 510 g/mol. The molecule has 2 aromatic rings. The number of benzene rings is 2. The van der Waals surface area contributed by atoms with Crippen LogP contribution in [0, 0.1) is 5.92 Å². The number of nitrogens with zero attached hydrogens (tertiary/aromatic N) is 1. The Kier molecular flexibility index (Phi) is 7.08. The van der Waals surface area contributed by atoms with Gasteiger partial charge in [0.05, 0.1) is 26.9 Å². The zero-order valence-electron chi connectivity index (χ0n) is 19.9. The molecule has 0 fully saturated rings. The van der Waals surface area contributed by atoms with Gasteiger partial charge in [-0.1, -0.05) is 98.1 Å². The van der Waals surface area contributed by atoms with E-state index in [-0.39, 0.29) is 17.8 Å². The van der Waals surface area contributed by atoms with Gasteiger partial charge >= 0.3 is 5.97 Å². The Bertz CT molecular complexity index is 1230. The molecule has 2 aliphatic heterocycles. The molecule has 2 heterocycles. The van der Waals surface area contributed by atoms with Crippen LogP contribution >= 0.6 is 35.7 Å². The Labute approximate surface area is 214 Å². The van der Waals surface area contributed by atoms with E-state index in [0.29, 0.717) is 16.4 Å². The molecule has 0 saturated heterocycles. The number of hydrogen-bond acceptors (Lipinski definition) is 6. The van der Waals surface area contributed by atoms with Crippen molar-refractivity contribution in [3.05, 3.63) is 74.9 Å². The predicted molar refractivity (Wildman–Crippen MR) is 148 cm³/mol. The van der Waals surface area contributed by atoms with Crippen LogP contribution in [0.4, 0.5) is 5.69 Å². The van der Waals surface area contributed by atoms with Gasteiger partial charge in [-0.05, 0) is 32.4 Å². The normalized spacial score (nSPS) is 19.5. The molecule has 2 aromatic carbocycles. The molecule has 0 saturated carbocycles. The number of amides is 1. The Morgan fingerprint density at radius 3 is 2.32 bits per heavy atom. The second kappa shape index (κ2) is 9.72. The zero-order chi connectivity index (χ0) is 24.6. The summed E-state index contributed by atoms with van der Waals surface area (Å²) >= 11 is 9.01. The van der Waals surface area contributed by atoms with E-state index in [4.69, 9.17) is 17.0 Å². The molecule has 7 heteroatoms. The first-order valence-electron chi connectivity index (χ1n) is 11.2. The summed E-state index contributed by atoms with van der Waals surface area (Å²) in [6, 6.07) is 17.7. The van der Waals surface area contributed by atoms with Crippen molar-refractivity contribution in [1.82, 2.24) is 0 Å². The molecule has 0 aliphatic carbocycles. The molecule has 0 N–H and O–H groups in total. The Hall–Kier alpha value is -2.35. The molecule has 0 atom stereocenters. The number of para-hydroxylation sites is 1. The summed E-state index contributed by atoms with van der Waals surface area (Å²) in [6.07, 6.45) is 0. The van der Waals surface area contributed by atoms with Gasteiger partial charge in [0.2, 0.25) is 5.91 Å². The molecule has 0 bridgehead atoms. The van der Waals surface area contributed by atoms with Crippen molar-refractivity contribution in [3.63, 3.8) is 0 Å². The second-order valence-corrected chi connectivity index (χ2v) is 11.6. The number of fused-ring (bicyclic) bond motifs is 1. The van der Waals surface area contributed by atoms with Gasteiger partial charge in [0.1, 0.15) is 4.91 Å². The van der Waals surface area contributed by atoms with Crippen molar-refractivity contribution in [2.24, 2.45) is 5.92 Å². The maximum Gasteiger partial charge on any atom is 0.346 e. The minimum atomic E-state index is -0.700. The Balaban J connectivity index is 1.89. The summed E-state index contributed by atoms with van der Waals surface area (Å²) in [4.78, 5) is 30.1. The van der Waals surface area contributed by atoms with E-state index in [1.54, 1.807) is 11.8 Å². The maximum atomic E-state index is 13.3. The number of thioether (sulfide) groups is 2. The molecule has 4 nitrogen and oxygen atoms in total. The van der Waals surface area contributed by atoms with E-state index in [1.807, 2.05) is 94.1 Å². The molecule has 1 amide bonds. The van der Waals surface area contributed by atoms with E-state index < -0.39 is 5.54 Å². The molecule has 4 rings (SSSR count). The molecular weight excluding hydrogens is 483 g/mol. The third-order valence-electron chi connectivity index (χ3n) is 5.77. The molecule has 0 spiro atoms. The van der Waals surface area contributed by atoms with Crippen LogP contribution in [-0.4, -0.2) is 28.9 Å². The third-order valence-corrected chi connectivity index (χ3v) is 9.10. The highest BCUT2D eigenvalue weighted by atomic mass is 32.2. The van der Waals surface area contributed by atoms with E-state index >= 15 is 0 Å². The quantitative estimate of drug-likeness (QED) is 0.253. The predicted octanol–water partition coefficient (Wildman–Crippen LogP) is 6.92. The number of thiocarbonyl (C=S) groups is 1. The van der Waals surface area contributed by atoms with Gasteiger partial charge < -0.3 is 9.64 Å². The van der Waals surface area contributed by atoms with Crippen LogP contribution < -0.4 is 4.90 Å². The van der Waals surface area contributed by atoms with Crippen molar-refractivity contribution < 1.29 is 14.3 Å². The lowest BCUT2D eigenvalue weighted by Crippen LogP contribution is -2.57. The number of carbonyl (C=O) groups is 2. The fourth-order valence-electron chi connectivity index (χ4n) is 4.08. The Morgan fingerprint density at radius 2 is 1.68 bits per heavy atom. The fraction of sp³-hybridized carbons (Fsp3) is 0.296. The number of hydrogen-bond donors (Lipinski definition) is 0. The first-order valence-corrected chi connectivity index (χ1v) is 13.3. The third kappa shape index (κ3) is 4.25. The molecule has 0 radical (unpaired) electrons. The molecule has 0 aromatic heterocycles. The Morgan fingerprint density at radius 1 is 1.03 bits per heavy atom. The van der Waals surface area contributed by atoms with Gasteiger partial charge in [-0.25, -0.2) is 4.79 Å². The molecule has 2 aliphatic rings. The highest BCUT2D eigenvalue weighted by Crippen LogP contribution is 2.58. The van der Waals surface area contributed by atoms with Crippen LogP contribution in [0.15, 0.2) is 63.7 Å². The van der Waals surface area contributed by atoms with Gasteiger partial charge in [-0.15, -0.1) is 0 Å². The summed E-state index contributed by atoms with van der Waals surface area (Å²) in [5.74, 6) is -0.465. The minimum Gasteiger partial charge on any atom is -0.462 e. The van der Waals surface area contributed by atoms with Gasteiger partial charge in [0.25, 0.3) is 0 Å². The first-order chi connectivity index (χ1) is 16.2. The smallest absolute Gasteiger partial charge is 0.346 e. The van der Waals surface area contributed by atoms with Crippen LogP contribution in [0.5, 0.6) is 0 Å². The van der Waals surface area contributed by atoms with E-state index in [2.05, 4.69) is 0 Å². The van der Waals surface area contributed by atoms with E-state index in [9.17, 15) is 9.59 Å². The van der Waals surface area contributed by atoms with Crippen molar-refractivity contribution >= 4 is 68.6 Å². The largest absolute Gasteiger partial charge is 0.462 e. The first kappa shape index (κ1) is 24.8. The monoisotopic (exact) mass is 509 g/mol. The molecule has 176 valence electrons. The number of carbonyl (C=O) groups excluding carboxylic acids is 2. The lowest BCUT2D eigenvalue weighted by molar-refractivity contribution is -0.137. The van der Waals surface area contributed by atoms with Crippen molar-refractivity contribution in [2.45, 2.75) is 40.2 Å². The summed E-state index contributed by atoms with van der Waals surface area (Å²) in [6.45, 7) is 9.91. The molecule has 34 heavy (non-hydrogen) atoms. The molecule has 0 unspecified atom stereocenters. The zero-order valence-corrected chi connectivity index (χ0v) is 22.3. The maximum absolute atomic E-state index is 13.3. The highest BCUT2D eigenvalue weighted by molar-refractivity contribution is 8.32. The second-order valence-electron chi connectivity index (χ2n) is 8.84. The van der Waals surface area contributed by atoms with Gasteiger partial charge in [-0.3, -0.25) is 4.79 Å². The van der Waals surface area contributed by atoms with Crippen molar-refractivity contribution in [2.75, 3.05) is 11.5 Å².